The van der Waals surface area contributed by atoms with Crippen LogP contribution in [0, 0.1) is 0 Å². The minimum Gasteiger partial charge on any atom is -0.385 e. The van der Waals surface area contributed by atoms with Crippen molar-refractivity contribution in [3.63, 3.8) is 0 Å². The van der Waals surface area contributed by atoms with Crippen molar-refractivity contribution in [2.24, 2.45) is 4.99 Å². The summed E-state index contributed by atoms with van der Waals surface area (Å²) in [6.07, 6.45) is 3.12. The van der Waals surface area contributed by atoms with Gasteiger partial charge in [-0.2, -0.15) is 0 Å². The zero-order valence-corrected chi connectivity index (χ0v) is 20.4. The fraction of sp³-hybridized carbons (Fsp3) is 0.706. The molecule has 1 aromatic rings. The molecule has 11 heteroatoms. The van der Waals surface area contributed by atoms with Gasteiger partial charge in [0.25, 0.3) is 0 Å². The smallest absolute Gasteiger partial charge is 0.250 e. The van der Waals surface area contributed by atoms with Gasteiger partial charge >= 0.3 is 0 Å². The number of thiophene rings is 1. The molecule has 8 nitrogen and oxygen atoms in total. The van der Waals surface area contributed by atoms with Crippen LogP contribution in [-0.2, 0) is 19.5 Å². The summed E-state index contributed by atoms with van der Waals surface area (Å²) in [5, 5.41) is 4.98. The third-order valence-electron chi connectivity index (χ3n) is 4.26. The van der Waals surface area contributed by atoms with Gasteiger partial charge in [-0.1, -0.05) is 6.07 Å². The number of piperidine rings is 1. The van der Waals surface area contributed by atoms with Crippen LogP contribution in [0.15, 0.2) is 26.7 Å². The lowest BCUT2D eigenvalue weighted by Crippen LogP contribution is -2.48. The number of guanidine groups is 1. The summed E-state index contributed by atoms with van der Waals surface area (Å²) in [5.41, 5.74) is 0. The molecule has 0 saturated carbocycles. The topological polar surface area (TPSA) is 92.3 Å². The Labute approximate surface area is 189 Å². The van der Waals surface area contributed by atoms with Gasteiger partial charge in [0.15, 0.2) is 5.96 Å². The number of halogens is 1. The molecule has 0 spiro atoms. The van der Waals surface area contributed by atoms with E-state index in [0.29, 0.717) is 17.3 Å². The third-order valence-corrected chi connectivity index (χ3v) is 7.12. The van der Waals surface area contributed by atoms with Crippen LogP contribution in [0.4, 0.5) is 0 Å². The zero-order chi connectivity index (χ0) is 19.5. The second-order valence-electron chi connectivity index (χ2n) is 6.21. The Kier molecular flexibility index (Phi) is 12.5. The van der Waals surface area contributed by atoms with E-state index in [4.69, 9.17) is 9.47 Å². The van der Waals surface area contributed by atoms with Gasteiger partial charge < -0.3 is 19.7 Å². The van der Waals surface area contributed by atoms with Crippen LogP contribution in [0.1, 0.15) is 19.3 Å². The molecule has 1 aliphatic rings. The Hall–Kier alpha value is -0.470. The van der Waals surface area contributed by atoms with E-state index in [1.54, 1.807) is 31.7 Å². The predicted molar refractivity (Wildman–Crippen MR) is 123 cm³/mol. The first-order valence-electron chi connectivity index (χ1n) is 9.16. The predicted octanol–water partition coefficient (Wildman–Crippen LogP) is 1.74. The molecule has 0 aromatic carbocycles. The number of ether oxygens (including phenoxy) is 2. The molecule has 1 aliphatic heterocycles. The highest BCUT2D eigenvalue weighted by atomic mass is 127. The van der Waals surface area contributed by atoms with Gasteiger partial charge in [-0.15, -0.1) is 35.3 Å². The van der Waals surface area contributed by atoms with Crippen LogP contribution in [0.3, 0.4) is 0 Å². The van der Waals surface area contributed by atoms with E-state index in [1.807, 2.05) is 0 Å². The molecule has 0 amide bonds. The summed E-state index contributed by atoms with van der Waals surface area (Å²) in [4.78, 5) is 6.49. The Morgan fingerprint density at radius 1 is 1.32 bits per heavy atom. The summed E-state index contributed by atoms with van der Waals surface area (Å²) in [6.45, 7) is 3.98. The van der Waals surface area contributed by atoms with E-state index in [2.05, 4.69) is 19.9 Å². The number of hydrogen-bond acceptors (Lipinski definition) is 6. The molecule has 1 fully saturated rings. The standard InChI is InChI=1S/C17H30N4O4S2.HI/c1-18-17(19-8-9-20-27(22,23)16-5-3-14-26-16)21-10-6-15(7-11-21)25-13-4-12-24-2;/h3,5,14-15,20H,4,6-13H2,1-2H3,(H,18,19);1H. The highest BCUT2D eigenvalue weighted by Gasteiger charge is 2.22. The summed E-state index contributed by atoms with van der Waals surface area (Å²) in [7, 11) is 0.0229. The molecule has 1 saturated heterocycles. The van der Waals surface area contributed by atoms with E-state index in [-0.39, 0.29) is 30.1 Å². The van der Waals surface area contributed by atoms with Crippen molar-refractivity contribution in [3.8, 4) is 0 Å². The van der Waals surface area contributed by atoms with Crippen molar-refractivity contribution in [2.45, 2.75) is 29.6 Å². The second-order valence-corrected chi connectivity index (χ2v) is 9.15. The maximum atomic E-state index is 12.1. The van der Waals surface area contributed by atoms with Gasteiger partial charge in [-0.05, 0) is 30.7 Å². The van der Waals surface area contributed by atoms with E-state index in [0.717, 1.165) is 51.5 Å². The number of nitrogens with one attached hydrogen (secondary N) is 2. The summed E-state index contributed by atoms with van der Waals surface area (Å²) >= 11 is 1.21. The lowest BCUT2D eigenvalue weighted by molar-refractivity contribution is 0.00992. The van der Waals surface area contributed by atoms with Gasteiger partial charge in [-0.25, -0.2) is 13.1 Å². The lowest BCUT2D eigenvalue weighted by Gasteiger charge is -2.34. The van der Waals surface area contributed by atoms with Crippen LogP contribution in [0.25, 0.3) is 0 Å². The van der Waals surface area contributed by atoms with Crippen LogP contribution in [0.2, 0.25) is 0 Å². The first-order valence-corrected chi connectivity index (χ1v) is 11.5. The lowest BCUT2D eigenvalue weighted by atomic mass is 10.1. The molecule has 0 bridgehead atoms. The maximum absolute atomic E-state index is 12.1. The van der Waals surface area contributed by atoms with Gasteiger partial charge in [0, 0.05) is 53.6 Å². The van der Waals surface area contributed by atoms with Crippen molar-refractivity contribution in [2.75, 3.05) is 53.6 Å². The van der Waals surface area contributed by atoms with Crippen LogP contribution in [0.5, 0.6) is 0 Å². The van der Waals surface area contributed by atoms with Crippen molar-refractivity contribution in [3.05, 3.63) is 17.5 Å². The van der Waals surface area contributed by atoms with Crippen LogP contribution < -0.4 is 10.0 Å². The number of aliphatic imine (C=N–C) groups is 1. The normalized spacial score (nSPS) is 16.1. The Morgan fingerprint density at radius 2 is 2.07 bits per heavy atom. The molecule has 28 heavy (non-hydrogen) atoms. The maximum Gasteiger partial charge on any atom is 0.250 e. The van der Waals surface area contributed by atoms with Crippen molar-refractivity contribution < 1.29 is 17.9 Å². The fourth-order valence-corrected chi connectivity index (χ4v) is 4.94. The average Bonchev–Trinajstić information content (AvgIpc) is 3.22. The quantitative estimate of drug-likeness (QED) is 0.201. The minimum atomic E-state index is -3.42. The summed E-state index contributed by atoms with van der Waals surface area (Å²) in [6, 6.07) is 3.32. The molecule has 2 rings (SSSR count). The van der Waals surface area contributed by atoms with E-state index in [1.165, 1.54) is 11.3 Å². The third kappa shape index (κ3) is 8.49. The molecule has 0 aliphatic carbocycles. The summed E-state index contributed by atoms with van der Waals surface area (Å²) in [5.74, 6) is 0.795. The van der Waals surface area contributed by atoms with Gasteiger partial charge in [0.1, 0.15) is 4.21 Å². The average molecular weight is 546 g/mol. The molecule has 2 N–H and O–H groups in total. The molecule has 0 atom stereocenters. The van der Waals surface area contributed by atoms with Crippen molar-refractivity contribution in [1.82, 2.24) is 14.9 Å². The molecule has 0 unspecified atom stereocenters. The largest absolute Gasteiger partial charge is 0.385 e. The molecule has 2 heterocycles. The Balaban J connectivity index is 0.00000392. The van der Waals surface area contributed by atoms with Crippen LogP contribution >= 0.6 is 35.3 Å². The van der Waals surface area contributed by atoms with E-state index < -0.39 is 10.0 Å². The monoisotopic (exact) mass is 546 g/mol. The van der Waals surface area contributed by atoms with Crippen molar-refractivity contribution in [1.29, 1.82) is 0 Å². The summed E-state index contributed by atoms with van der Waals surface area (Å²) < 4.78 is 38.0. The number of hydrogen-bond donors (Lipinski definition) is 2. The minimum absolute atomic E-state index is 0. The first kappa shape index (κ1) is 25.6. The zero-order valence-electron chi connectivity index (χ0n) is 16.4. The number of nitrogens with zero attached hydrogens (tertiary/aromatic N) is 2. The Morgan fingerprint density at radius 3 is 2.68 bits per heavy atom. The van der Waals surface area contributed by atoms with E-state index >= 15 is 0 Å². The van der Waals surface area contributed by atoms with E-state index in [9.17, 15) is 8.42 Å². The molecule has 1 aromatic heterocycles. The molecular formula is C17H31IN4O4S2. The van der Waals surface area contributed by atoms with Crippen LogP contribution in [-0.4, -0.2) is 78.9 Å². The highest BCUT2D eigenvalue weighted by Crippen LogP contribution is 2.15. The molecule has 162 valence electrons. The number of rotatable bonds is 10. The second kappa shape index (κ2) is 13.7. The Bertz CT molecular complexity index is 663. The molecular weight excluding hydrogens is 515 g/mol. The van der Waals surface area contributed by atoms with Crippen molar-refractivity contribution >= 4 is 51.3 Å². The van der Waals surface area contributed by atoms with Gasteiger partial charge in [-0.3, -0.25) is 4.99 Å². The van der Waals surface area contributed by atoms with Gasteiger partial charge in [0.05, 0.1) is 6.10 Å². The first-order chi connectivity index (χ1) is 13.1. The number of sulfonamides is 1. The number of likely N-dealkylation sites (tertiary alicyclic amines) is 1. The fourth-order valence-electron chi connectivity index (χ4n) is 2.87. The number of methoxy groups -OCH3 is 1. The van der Waals surface area contributed by atoms with Gasteiger partial charge in [0.2, 0.25) is 10.0 Å². The molecule has 0 radical (unpaired) electrons. The highest BCUT2D eigenvalue weighted by molar-refractivity contribution is 14.0. The SMILES string of the molecule is CN=C(NCCNS(=O)(=O)c1cccs1)N1CCC(OCCCOC)CC1.I.